The summed E-state index contributed by atoms with van der Waals surface area (Å²) in [6.45, 7) is 8.85. The summed E-state index contributed by atoms with van der Waals surface area (Å²) >= 11 is 0. The number of aliphatic hydroxyl groups is 2. The largest absolute Gasteiger partial charge is 0.507 e. The highest BCUT2D eigenvalue weighted by molar-refractivity contribution is 5.90. The molecule has 13 nitrogen and oxygen atoms in total. The van der Waals surface area contributed by atoms with Crippen LogP contribution in [0.2, 0.25) is 0 Å². The average Bonchev–Trinajstić information content (AvgIpc) is 3.87. The molecule has 386 valence electrons. The predicted octanol–water partition coefficient (Wildman–Crippen LogP) is 8.53. The standard InChI is InChI=1S/C60H73N5O8/c1-36(2)28-59(3,69)32-63-34-64-33-60(71-35-61-4)29-48-45-27-47-53(39-13-18-49-38(24-39)21-23-65-49)41(30-62-22-9-12-37-10-7-6-8-11-37)25-46-50(67)20-17-43(54(46)47)55(45)57-44(16-15-42(31-66)72-57)56(48)73-58(60)40-14-19-51(68)52(26-40)70-5/h6-8,10-11,13-14,17-21,23-26,36,42,47,53,58,61-69H,9,12,15-16,22,27-35H2,1-5H3. The molecule has 0 spiro atoms. The minimum absolute atomic E-state index is 0.0208. The van der Waals surface area contributed by atoms with E-state index in [1.165, 1.54) is 16.7 Å². The number of nitrogens with one attached hydrogen (secondary N) is 5. The Labute approximate surface area is 429 Å². The molecule has 10 rings (SSSR count). The molecule has 6 atom stereocenters. The number of H-pyrrole nitrogens is 1. The average molecular weight is 992 g/mol. The van der Waals surface area contributed by atoms with Crippen LogP contribution >= 0.6 is 0 Å². The molecule has 3 heterocycles. The van der Waals surface area contributed by atoms with Crippen LogP contribution in [0.15, 0.2) is 96.7 Å². The number of hydrogen-bond acceptors (Lipinski definition) is 12. The lowest BCUT2D eigenvalue weighted by molar-refractivity contribution is -0.129. The fourth-order valence-corrected chi connectivity index (χ4v) is 12.5. The van der Waals surface area contributed by atoms with Gasteiger partial charge in [-0.15, -0.1) is 0 Å². The molecule has 0 amide bonds. The van der Waals surface area contributed by atoms with Crippen molar-refractivity contribution in [2.24, 2.45) is 5.92 Å². The summed E-state index contributed by atoms with van der Waals surface area (Å²) in [4.78, 5) is 3.40. The van der Waals surface area contributed by atoms with E-state index in [9.17, 15) is 20.4 Å². The SMILES string of the molecule is CNCOC1(CNCNCC(C)(O)CC(C)C)Cc2c3c(c4c(c2OC1c1ccc(O)c(OC)c1)CCC(CO)O4)-c1ccc(O)c2c1C(C3)C(c1ccc3[nH]ccc3c1)C(CNCCCc1ccccc1)=C2. The maximum atomic E-state index is 11.9. The van der Waals surface area contributed by atoms with E-state index in [1.807, 2.05) is 38.4 Å². The van der Waals surface area contributed by atoms with E-state index in [-0.39, 0.29) is 36.7 Å². The number of methoxy groups -OCH3 is 1. The molecule has 0 saturated carbocycles. The number of aromatic nitrogens is 1. The third-order valence-corrected chi connectivity index (χ3v) is 15.5. The first-order chi connectivity index (χ1) is 35.4. The van der Waals surface area contributed by atoms with E-state index >= 15 is 0 Å². The summed E-state index contributed by atoms with van der Waals surface area (Å²) in [5, 5.41) is 60.0. The normalized spacial score (nSPS) is 21.6. The van der Waals surface area contributed by atoms with Crippen LogP contribution in [0.1, 0.15) is 102 Å². The van der Waals surface area contributed by atoms with Crippen molar-refractivity contribution < 1.29 is 39.4 Å². The van der Waals surface area contributed by atoms with Gasteiger partial charge in [-0.1, -0.05) is 62.4 Å². The molecule has 2 aliphatic heterocycles. The fraction of sp³-hybridized carbons (Fsp3) is 0.433. The molecular weight excluding hydrogens is 919 g/mol. The molecule has 1 aromatic heterocycles. The smallest absolute Gasteiger partial charge is 0.160 e. The van der Waals surface area contributed by atoms with Gasteiger partial charge in [0.1, 0.15) is 29.0 Å². The number of rotatable bonds is 21. The highest BCUT2D eigenvalue weighted by Gasteiger charge is 2.51. The summed E-state index contributed by atoms with van der Waals surface area (Å²) in [6, 6.07) is 28.7. The van der Waals surface area contributed by atoms with Crippen LogP contribution in [-0.4, -0.2) is 103 Å². The first-order valence-corrected chi connectivity index (χ1v) is 26.2. The Bertz CT molecular complexity index is 2950. The van der Waals surface area contributed by atoms with Gasteiger partial charge >= 0.3 is 0 Å². The Kier molecular flexibility index (Phi) is 14.9. The van der Waals surface area contributed by atoms with Crippen LogP contribution in [0, 0.1) is 5.92 Å². The van der Waals surface area contributed by atoms with Gasteiger partial charge in [0.2, 0.25) is 0 Å². The number of phenols is 2. The zero-order valence-electron chi connectivity index (χ0n) is 42.9. The maximum absolute atomic E-state index is 11.9. The predicted molar refractivity (Wildman–Crippen MR) is 287 cm³/mol. The van der Waals surface area contributed by atoms with Crippen LogP contribution in [0.3, 0.4) is 0 Å². The lowest BCUT2D eigenvalue weighted by atomic mass is 9.62. The number of aliphatic hydroxyl groups excluding tert-OH is 1. The number of aromatic hydroxyl groups is 2. The van der Waals surface area contributed by atoms with Crippen molar-refractivity contribution in [3.05, 3.63) is 141 Å². The Morgan fingerprint density at radius 1 is 0.904 bits per heavy atom. The lowest BCUT2D eigenvalue weighted by Crippen LogP contribution is -2.56. The Morgan fingerprint density at radius 3 is 2.52 bits per heavy atom. The Hall–Kier alpha value is -5.90. The monoisotopic (exact) mass is 992 g/mol. The topological polar surface area (TPSA) is 182 Å². The van der Waals surface area contributed by atoms with Gasteiger partial charge in [0.25, 0.3) is 0 Å². The van der Waals surface area contributed by atoms with Crippen LogP contribution in [0.25, 0.3) is 28.1 Å². The molecule has 5 aromatic carbocycles. The first kappa shape index (κ1) is 50.6. The van der Waals surface area contributed by atoms with Crippen LogP contribution in [0.4, 0.5) is 0 Å². The van der Waals surface area contributed by atoms with Crippen molar-refractivity contribution in [1.82, 2.24) is 26.3 Å². The van der Waals surface area contributed by atoms with E-state index in [4.69, 9.17) is 18.9 Å². The number of fused-ring (bicyclic) bond motifs is 8. The van der Waals surface area contributed by atoms with Crippen LogP contribution in [0.5, 0.6) is 28.7 Å². The second-order valence-electron chi connectivity index (χ2n) is 21.4. The molecular formula is C60H73N5O8. The minimum Gasteiger partial charge on any atom is -0.507 e. The molecule has 0 saturated heterocycles. The number of benzene rings is 5. The van der Waals surface area contributed by atoms with Crippen molar-refractivity contribution >= 4 is 17.0 Å². The highest BCUT2D eigenvalue weighted by atomic mass is 16.6. The molecule has 2 aliphatic carbocycles. The Balaban J connectivity index is 1.11. The second-order valence-corrected chi connectivity index (χ2v) is 21.4. The van der Waals surface area contributed by atoms with Crippen molar-refractivity contribution in [2.75, 3.05) is 60.3 Å². The summed E-state index contributed by atoms with van der Waals surface area (Å²) in [5.41, 5.74) is 10.7. The van der Waals surface area contributed by atoms with Crippen molar-refractivity contribution in [2.45, 2.75) is 101 Å². The van der Waals surface area contributed by atoms with Gasteiger partial charge in [0.05, 0.1) is 26.0 Å². The van der Waals surface area contributed by atoms with E-state index in [0.29, 0.717) is 75.8 Å². The highest BCUT2D eigenvalue weighted by Crippen LogP contribution is 2.61. The molecule has 4 aliphatic rings. The van der Waals surface area contributed by atoms with Crippen molar-refractivity contribution in [3.63, 3.8) is 0 Å². The van der Waals surface area contributed by atoms with E-state index in [0.717, 1.165) is 80.5 Å². The first-order valence-electron chi connectivity index (χ1n) is 26.2. The molecule has 13 heteroatoms. The summed E-state index contributed by atoms with van der Waals surface area (Å²) in [5.74, 6) is 2.27. The van der Waals surface area contributed by atoms with E-state index in [2.05, 4.69) is 107 Å². The number of ether oxygens (including phenoxy) is 4. The summed E-state index contributed by atoms with van der Waals surface area (Å²) < 4.78 is 27.3. The molecule has 0 radical (unpaired) electrons. The molecule has 6 aromatic rings. The fourth-order valence-electron chi connectivity index (χ4n) is 12.5. The lowest BCUT2D eigenvalue weighted by Gasteiger charge is -2.48. The van der Waals surface area contributed by atoms with Gasteiger partial charge in [-0.3, -0.25) is 5.32 Å². The van der Waals surface area contributed by atoms with Crippen LogP contribution < -0.4 is 35.5 Å². The number of aryl methyl sites for hydroxylation is 1. The van der Waals surface area contributed by atoms with Crippen molar-refractivity contribution in [1.29, 1.82) is 0 Å². The quantitative estimate of drug-likeness (QED) is 0.0248. The zero-order chi connectivity index (χ0) is 50.9. The molecule has 9 N–H and O–H groups in total. The van der Waals surface area contributed by atoms with Gasteiger partial charge in [-0.25, -0.2) is 0 Å². The third kappa shape index (κ3) is 10.2. The third-order valence-electron chi connectivity index (χ3n) is 15.5. The molecule has 0 bridgehead atoms. The van der Waals surface area contributed by atoms with Crippen molar-refractivity contribution in [3.8, 4) is 39.9 Å². The second kappa shape index (κ2) is 21.5. The molecule has 0 fully saturated rings. The molecule has 6 unspecified atom stereocenters. The zero-order valence-corrected chi connectivity index (χ0v) is 42.9. The Morgan fingerprint density at radius 2 is 1.73 bits per heavy atom. The summed E-state index contributed by atoms with van der Waals surface area (Å²) in [7, 11) is 3.41. The van der Waals surface area contributed by atoms with E-state index < -0.39 is 23.4 Å². The number of phenolic OH excluding ortho intramolecular Hbond substituents is 2. The summed E-state index contributed by atoms with van der Waals surface area (Å²) in [6.07, 6.45) is 8.06. The van der Waals surface area contributed by atoms with Crippen LogP contribution in [-0.2, 0) is 30.4 Å². The van der Waals surface area contributed by atoms with E-state index in [1.54, 1.807) is 13.2 Å². The van der Waals surface area contributed by atoms with Gasteiger partial charge in [0.15, 0.2) is 17.6 Å². The van der Waals surface area contributed by atoms with Gasteiger partial charge in [-0.05, 0) is 158 Å². The molecule has 73 heavy (non-hydrogen) atoms. The van der Waals surface area contributed by atoms with Gasteiger partial charge in [-0.2, -0.15) is 0 Å². The number of hydrogen-bond donors (Lipinski definition) is 9. The number of aromatic amines is 1. The van der Waals surface area contributed by atoms with Gasteiger partial charge < -0.3 is 60.3 Å². The van der Waals surface area contributed by atoms with Gasteiger partial charge in [0, 0.05) is 72.6 Å². The maximum Gasteiger partial charge on any atom is 0.160 e. The minimum atomic E-state index is -1.02.